The fourth-order valence-corrected chi connectivity index (χ4v) is 2.16. The van der Waals surface area contributed by atoms with Crippen LogP contribution in [0.5, 0.6) is 0 Å². The van der Waals surface area contributed by atoms with Gasteiger partial charge < -0.3 is 5.73 Å². The van der Waals surface area contributed by atoms with Gasteiger partial charge in [-0.3, -0.25) is 0 Å². The number of hydrogen-bond donors (Lipinski definition) is 1. The van der Waals surface area contributed by atoms with Crippen molar-refractivity contribution in [3.8, 4) is 0 Å². The summed E-state index contributed by atoms with van der Waals surface area (Å²) in [6, 6.07) is 9.33. The first kappa shape index (κ1) is 13.6. The van der Waals surface area contributed by atoms with Crippen LogP contribution >= 0.6 is 0 Å². The molecule has 0 spiro atoms. The first-order valence-electron chi connectivity index (χ1n) is 5.87. The molecule has 4 heteroatoms. The molecule has 0 heterocycles. The second-order valence-corrected chi connectivity index (χ2v) is 4.85. The molecule has 0 radical (unpaired) electrons. The van der Waals surface area contributed by atoms with Crippen LogP contribution in [-0.2, 0) is 12.0 Å². The fraction of sp³-hybridized carbons (Fsp3) is 0.200. The normalized spacial score (nSPS) is 14.2. The molecule has 2 N–H and O–H groups in total. The van der Waals surface area contributed by atoms with Crippen molar-refractivity contribution in [1.82, 2.24) is 0 Å². The van der Waals surface area contributed by atoms with Crippen molar-refractivity contribution in [1.29, 1.82) is 0 Å². The van der Waals surface area contributed by atoms with Crippen LogP contribution in [0, 0.1) is 17.5 Å². The summed E-state index contributed by atoms with van der Waals surface area (Å²) < 4.78 is 40.0. The lowest BCUT2D eigenvalue weighted by Gasteiger charge is -2.26. The Bertz CT molecular complexity index is 573. The van der Waals surface area contributed by atoms with Gasteiger partial charge in [-0.1, -0.05) is 18.2 Å². The van der Waals surface area contributed by atoms with E-state index in [0.717, 1.165) is 6.07 Å². The van der Waals surface area contributed by atoms with Gasteiger partial charge in [-0.25, -0.2) is 13.2 Å². The lowest BCUT2D eigenvalue weighted by molar-refractivity contribution is 0.454. The lowest BCUT2D eigenvalue weighted by Crippen LogP contribution is -2.36. The molecule has 0 aliphatic rings. The van der Waals surface area contributed by atoms with Crippen LogP contribution in [0.3, 0.4) is 0 Å². The Balaban J connectivity index is 2.33. The first-order valence-corrected chi connectivity index (χ1v) is 5.87. The van der Waals surface area contributed by atoms with Crippen molar-refractivity contribution in [2.24, 2.45) is 5.73 Å². The summed E-state index contributed by atoms with van der Waals surface area (Å²) in [6.45, 7) is 1.63. The van der Waals surface area contributed by atoms with Crippen LogP contribution in [0.15, 0.2) is 42.5 Å². The molecule has 0 saturated heterocycles. The lowest BCUT2D eigenvalue weighted by atomic mass is 9.86. The highest BCUT2D eigenvalue weighted by Crippen LogP contribution is 2.25. The molecule has 0 aromatic heterocycles. The first-order chi connectivity index (χ1) is 8.88. The van der Waals surface area contributed by atoms with Crippen molar-refractivity contribution in [2.75, 3.05) is 0 Å². The Morgan fingerprint density at radius 3 is 2.16 bits per heavy atom. The summed E-state index contributed by atoms with van der Waals surface area (Å²) in [5, 5.41) is 0. The highest BCUT2D eigenvalue weighted by Gasteiger charge is 2.25. The van der Waals surface area contributed by atoms with Crippen LogP contribution in [0.4, 0.5) is 13.2 Å². The van der Waals surface area contributed by atoms with E-state index in [1.165, 1.54) is 18.2 Å². The van der Waals surface area contributed by atoms with Crippen molar-refractivity contribution >= 4 is 0 Å². The third-order valence-corrected chi connectivity index (χ3v) is 2.98. The van der Waals surface area contributed by atoms with Crippen LogP contribution < -0.4 is 5.73 Å². The van der Waals surface area contributed by atoms with Crippen LogP contribution in [-0.4, -0.2) is 0 Å². The highest BCUT2D eigenvalue weighted by atomic mass is 19.1. The molecule has 1 atom stereocenters. The Hall–Kier alpha value is -1.81. The number of benzene rings is 2. The van der Waals surface area contributed by atoms with E-state index >= 15 is 0 Å². The maximum Gasteiger partial charge on any atom is 0.128 e. The van der Waals surface area contributed by atoms with Gasteiger partial charge in [0.2, 0.25) is 0 Å². The van der Waals surface area contributed by atoms with Gasteiger partial charge in [0, 0.05) is 17.2 Å². The number of halogens is 3. The van der Waals surface area contributed by atoms with Crippen molar-refractivity contribution in [2.45, 2.75) is 18.9 Å². The molecule has 2 aromatic carbocycles. The molecule has 0 bridgehead atoms. The second kappa shape index (κ2) is 5.05. The SMILES string of the molecule is CC(N)(Cc1cc(F)cc(F)c1)c1ccccc1F. The predicted octanol–water partition coefficient (Wildman–Crippen LogP) is 3.52. The summed E-state index contributed by atoms with van der Waals surface area (Å²) in [6.07, 6.45) is 0.141. The molecular weight excluding hydrogens is 251 g/mol. The molecule has 0 aliphatic carbocycles. The average Bonchev–Trinajstić information content (AvgIpc) is 2.26. The highest BCUT2D eigenvalue weighted by molar-refractivity contribution is 5.29. The molecule has 0 fully saturated rings. The van der Waals surface area contributed by atoms with Gasteiger partial charge >= 0.3 is 0 Å². The maximum absolute atomic E-state index is 13.7. The molecule has 100 valence electrons. The zero-order valence-electron chi connectivity index (χ0n) is 10.5. The maximum atomic E-state index is 13.7. The zero-order chi connectivity index (χ0) is 14.0. The van der Waals surface area contributed by atoms with Gasteiger partial charge in [-0.2, -0.15) is 0 Å². The predicted molar refractivity (Wildman–Crippen MR) is 68.0 cm³/mol. The third-order valence-electron chi connectivity index (χ3n) is 2.98. The molecule has 19 heavy (non-hydrogen) atoms. The van der Waals surface area contributed by atoms with E-state index < -0.39 is 23.0 Å². The molecule has 0 amide bonds. The van der Waals surface area contributed by atoms with E-state index in [9.17, 15) is 13.2 Å². The van der Waals surface area contributed by atoms with E-state index in [4.69, 9.17) is 5.73 Å². The summed E-state index contributed by atoms with van der Waals surface area (Å²) in [4.78, 5) is 0. The van der Waals surface area contributed by atoms with E-state index in [2.05, 4.69) is 0 Å². The van der Waals surface area contributed by atoms with E-state index in [0.29, 0.717) is 11.1 Å². The van der Waals surface area contributed by atoms with E-state index in [1.807, 2.05) is 0 Å². The summed E-state index contributed by atoms with van der Waals surface area (Å²) in [7, 11) is 0. The minimum atomic E-state index is -1.04. The van der Waals surface area contributed by atoms with E-state index in [1.54, 1.807) is 25.1 Å². The van der Waals surface area contributed by atoms with Gasteiger partial charge in [-0.05, 0) is 37.1 Å². The van der Waals surface area contributed by atoms with Crippen LogP contribution in [0.2, 0.25) is 0 Å². The monoisotopic (exact) mass is 265 g/mol. The largest absolute Gasteiger partial charge is 0.321 e. The van der Waals surface area contributed by atoms with Gasteiger partial charge in [0.05, 0.1) is 0 Å². The summed E-state index contributed by atoms with van der Waals surface area (Å²) >= 11 is 0. The molecule has 2 aromatic rings. The second-order valence-electron chi connectivity index (χ2n) is 4.85. The van der Waals surface area contributed by atoms with Gasteiger partial charge in [0.25, 0.3) is 0 Å². The quantitative estimate of drug-likeness (QED) is 0.902. The van der Waals surface area contributed by atoms with Crippen LogP contribution in [0.1, 0.15) is 18.1 Å². The Morgan fingerprint density at radius 2 is 1.58 bits per heavy atom. The Kier molecular flexibility index (Phi) is 3.62. The van der Waals surface area contributed by atoms with Crippen molar-refractivity contribution in [3.05, 3.63) is 71.0 Å². The number of nitrogens with two attached hydrogens (primary N) is 1. The van der Waals surface area contributed by atoms with Crippen molar-refractivity contribution in [3.63, 3.8) is 0 Å². The Labute approximate surface area is 109 Å². The topological polar surface area (TPSA) is 26.0 Å². The molecular formula is C15H14F3N. The van der Waals surface area contributed by atoms with E-state index in [-0.39, 0.29) is 6.42 Å². The molecule has 2 rings (SSSR count). The molecule has 0 aliphatic heterocycles. The minimum Gasteiger partial charge on any atom is -0.321 e. The summed E-state index contributed by atoms with van der Waals surface area (Å²) in [5.41, 5.74) is 5.76. The van der Waals surface area contributed by atoms with Gasteiger partial charge in [0.1, 0.15) is 17.5 Å². The van der Waals surface area contributed by atoms with Gasteiger partial charge in [0.15, 0.2) is 0 Å². The average molecular weight is 265 g/mol. The van der Waals surface area contributed by atoms with Crippen molar-refractivity contribution < 1.29 is 13.2 Å². The fourth-order valence-electron chi connectivity index (χ4n) is 2.16. The Morgan fingerprint density at radius 1 is 1.00 bits per heavy atom. The standard InChI is InChI=1S/C15H14F3N/c1-15(19,13-4-2-3-5-14(13)18)9-10-6-11(16)8-12(17)7-10/h2-8H,9,19H2,1H3. The summed E-state index contributed by atoms with van der Waals surface area (Å²) in [5.74, 6) is -1.76. The molecule has 1 nitrogen and oxygen atoms in total. The molecule has 0 saturated carbocycles. The minimum absolute atomic E-state index is 0.141. The smallest absolute Gasteiger partial charge is 0.128 e. The number of hydrogen-bond acceptors (Lipinski definition) is 1. The third kappa shape index (κ3) is 3.15. The van der Waals surface area contributed by atoms with Crippen LogP contribution in [0.25, 0.3) is 0 Å². The number of rotatable bonds is 3. The zero-order valence-corrected chi connectivity index (χ0v) is 10.5. The molecule has 1 unspecified atom stereocenters. The van der Waals surface area contributed by atoms with Gasteiger partial charge in [-0.15, -0.1) is 0 Å².